The highest BCUT2D eigenvalue weighted by Gasteiger charge is 2.16. The lowest BCUT2D eigenvalue weighted by molar-refractivity contribution is -0.159. The number of nitrogens with one attached hydrogen (secondary N) is 1. The Morgan fingerprint density at radius 3 is 2.55 bits per heavy atom. The van der Waals surface area contributed by atoms with Gasteiger partial charge in [0.05, 0.1) is 18.2 Å². The Balaban J connectivity index is 0.000000254. The number of fused-ring (bicyclic) bond motifs is 1. The van der Waals surface area contributed by atoms with Gasteiger partial charge in [0.15, 0.2) is 0 Å². The van der Waals surface area contributed by atoms with Crippen LogP contribution in [-0.2, 0) is 16.0 Å². The number of rotatable bonds is 1. The van der Waals surface area contributed by atoms with Crippen LogP contribution in [0, 0.1) is 0 Å². The number of hydrogen-bond donors (Lipinski definition) is 3. The summed E-state index contributed by atoms with van der Waals surface area (Å²) in [6.07, 6.45) is 7.85. The second-order valence-corrected chi connectivity index (χ2v) is 5.02. The second kappa shape index (κ2) is 6.91. The third kappa shape index (κ3) is 3.95. The van der Waals surface area contributed by atoms with Gasteiger partial charge in [-0.15, -0.1) is 0 Å². The average Bonchev–Trinajstić information content (AvgIpc) is 3.10. The van der Waals surface area contributed by atoms with Crippen molar-refractivity contribution in [3.63, 3.8) is 0 Å². The van der Waals surface area contributed by atoms with Gasteiger partial charge in [0.1, 0.15) is 0 Å². The van der Waals surface area contributed by atoms with Crippen molar-refractivity contribution >= 4 is 35.2 Å². The molecule has 0 saturated heterocycles. The summed E-state index contributed by atoms with van der Waals surface area (Å²) < 4.78 is 0. The van der Waals surface area contributed by atoms with Gasteiger partial charge in [-0.05, 0) is 47.8 Å². The number of allylic oxidation sites excluding steroid dienone is 1. The number of carboxylic acids is 2. The number of imidazole rings is 1. The highest BCUT2D eigenvalue weighted by Crippen LogP contribution is 2.34. The number of aromatic amines is 1. The molecule has 0 bridgehead atoms. The summed E-state index contributed by atoms with van der Waals surface area (Å²) >= 11 is 5.98. The Labute approximate surface area is 131 Å². The van der Waals surface area contributed by atoms with E-state index >= 15 is 0 Å². The molecule has 1 aromatic carbocycles. The highest BCUT2D eigenvalue weighted by molar-refractivity contribution is 6.30. The predicted molar refractivity (Wildman–Crippen MR) is 81.5 cm³/mol. The SMILES string of the molecule is Clc1ccc2c(c1)CCC2=Cc1cnc[nH]1.O=C(O)C(=O)O. The lowest BCUT2D eigenvalue weighted by Gasteiger charge is -2.00. The first-order chi connectivity index (χ1) is 10.5. The lowest BCUT2D eigenvalue weighted by atomic mass is 10.1. The van der Waals surface area contributed by atoms with Crippen LogP contribution in [0.25, 0.3) is 11.6 Å². The molecule has 0 amide bonds. The fourth-order valence-corrected chi connectivity index (χ4v) is 2.36. The highest BCUT2D eigenvalue weighted by atomic mass is 35.5. The number of carboxylic acid groups (broad SMARTS) is 2. The van der Waals surface area contributed by atoms with E-state index in [1.54, 1.807) is 6.33 Å². The molecule has 0 aliphatic heterocycles. The van der Waals surface area contributed by atoms with Crippen molar-refractivity contribution in [2.24, 2.45) is 0 Å². The summed E-state index contributed by atoms with van der Waals surface area (Å²) in [5.74, 6) is -3.65. The number of aryl methyl sites for hydroxylation is 1. The van der Waals surface area contributed by atoms with E-state index in [0.29, 0.717) is 0 Å². The van der Waals surface area contributed by atoms with Gasteiger partial charge in [-0.25, -0.2) is 14.6 Å². The van der Waals surface area contributed by atoms with E-state index in [-0.39, 0.29) is 0 Å². The maximum absolute atomic E-state index is 9.10. The largest absolute Gasteiger partial charge is 0.473 e. The van der Waals surface area contributed by atoms with Crippen LogP contribution in [-0.4, -0.2) is 32.1 Å². The van der Waals surface area contributed by atoms with Crippen molar-refractivity contribution in [3.8, 4) is 0 Å². The van der Waals surface area contributed by atoms with Crippen LogP contribution in [0.4, 0.5) is 0 Å². The van der Waals surface area contributed by atoms with Gasteiger partial charge >= 0.3 is 11.9 Å². The summed E-state index contributed by atoms with van der Waals surface area (Å²) in [5.41, 5.74) is 5.07. The second-order valence-electron chi connectivity index (χ2n) is 4.59. The van der Waals surface area contributed by atoms with Crippen molar-refractivity contribution in [1.82, 2.24) is 9.97 Å². The maximum atomic E-state index is 9.10. The summed E-state index contributed by atoms with van der Waals surface area (Å²) in [6.45, 7) is 0. The third-order valence-corrected chi connectivity index (χ3v) is 3.34. The molecule has 114 valence electrons. The van der Waals surface area contributed by atoms with E-state index in [1.165, 1.54) is 16.7 Å². The van der Waals surface area contributed by atoms with Gasteiger partial charge in [0, 0.05) is 5.02 Å². The lowest BCUT2D eigenvalue weighted by Crippen LogP contribution is -2.09. The molecular formula is C15H13ClN2O4. The quantitative estimate of drug-likeness (QED) is 0.701. The molecule has 1 heterocycles. The molecule has 0 fully saturated rings. The number of halogens is 1. The minimum absolute atomic E-state index is 0.821. The number of nitrogens with zero attached hydrogens (tertiary/aromatic N) is 1. The number of aromatic nitrogens is 2. The van der Waals surface area contributed by atoms with Crippen molar-refractivity contribution in [2.75, 3.05) is 0 Å². The van der Waals surface area contributed by atoms with Gasteiger partial charge < -0.3 is 15.2 Å². The van der Waals surface area contributed by atoms with Crippen molar-refractivity contribution in [3.05, 3.63) is 52.6 Å². The monoisotopic (exact) mass is 320 g/mol. The standard InChI is InChI=1S/C13H11ClN2.C2H2O4/c14-11-3-4-13-9(5-11)1-2-10(13)6-12-7-15-8-16-12;3-1(4)2(5)6/h3-8H,1-2H2,(H,15,16);(H,3,4)(H,5,6). The summed E-state index contributed by atoms with van der Waals surface area (Å²) in [5, 5.41) is 15.6. The molecule has 1 aliphatic rings. The van der Waals surface area contributed by atoms with Crippen LogP contribution in [0.3, 0.4) is 0 Å². The third-order valence-electron chi connectivity index (χ3n) is 3.11. The van der Waals surface area contributed by atoms with E-state index in [2.05, 4.69) is 28.2 Å². The first-order valence-corrected chi connectivity index (χ1v) is 6.79. The molecule has 0 atom stereocenters. The zero-order chi connectivity index (χ0) is 16.1. The number of carbonyl (C=O) groups is 2. The van der Waals surface area contributed by atoms with Gasteiger partial charge in [0.25, 0.3) is 0 Å². The Morgan fingerprint density at radius 1 is 1.23 bits per heavy atom. The van der Waals surface area contributed by atoms with Crippen LogP contribution < -0.4 is 0 Å². The molecule has 1 aliphatic carbocycles. The van der Waals surface area contributed by atoms with E-state index in [4.69, 9.17) is 31.4 Å². The maximum Gasteiger partial charge on any atom is 0.414 e. The molecule has 0 unspecified atom stereocenters. The molecule has 3 N–H and O–H groups in total. The molecule has 3 rings (SSSR count). The molecule has 0 spiro atoms. The molecule has 6 nitrogen and oxygen atoms in total. The van der Waals surface area contributed by atoms with E-state index in [9.17, 15) is 0 Å². The van der Waals surface area contributed by atoms with E-state index in [0.717, 1.165) is 23.6 Å². The summed E-state index contributed by atoms with van der Waals surface area (Å²) in [4.78, 5) is 25.3. The van der Waals surface area contributed by atoms with Crippen molar-refractivity contribution in [2.45, 2.75) is 12.8 Å². The van der Waals surface area contributed by atoms with Crippen LogP contribution in [0.15, 0.2) is 30.7 Å². The van der Waals surface area contributed by atoms with Gasteiger partial charge in [-0.2, -0.15) is 0 Å². The molecule has 2 aromatic rings. The topological polar surface area (TPSA) is 103 Å². The molecule has 22 heavy (non-hydrogen) atoms. The fraction of sp³-hybridized carbons (Fsp3) is 0.133. The Morgan fingerprint density at radius 2 is 1.95 bits per heavy atom. The minimum atomic E-state index is -1.82. The Hall–Kier alpha value is -2.60. The number of aliphatic carboxylic acids is 2. The molecule has 0 saturated carbocycles. The first kappa shape index (κ1) is 15.8. The molecule has 7 heteroatoms. The van der Waals surface area contributed by atoms with Crippen LogP contribution >= 0.6 is 11.6 Å². The predicted octanol–water partition coefficient (Wildman–Crippen LogP) is 2.71. The van der Waals surface area contributed by atoms with Crippen LogP contribution in [0.2, 0.25) is 5.02 Å². The van der Waals surface area contributed by atoms with E-state index in [1.807, 2.05) is 12.3 Å². The number of hydrogen-bond acceptors (Lipinski definition) is 3. The van der Waals surface area contributed by atoms with Gasteiger partial charge in [0.2, 0.25) is 0 Å². The molecule has 0 radical (unpaired) electrons. The zero-order valence-corrected chi connectivity index (χ0v) is 12.2. The number of H-pyrrole nitrogens is 1. The Bertz CT molecular complexity index is 711. The first-order valence-electron chi connectivity index (χ1n) is 6.41. The smallest absolute Gasteiger partial charge is 0.414 e. The normalized spacial score (nSPS) is 14.1. The van der Waals surface area contributed by atoms with Crippen molar-refractivity contribution in [1.29, 1.82) is 0 Å². The van der Waals surface area contributed by atoms with Crippen LogP contribution in [0.5, 0.6) is 0 Å². The van der Waals surface area contributed by atoms with Crippen molar-refractivity contribution < 1.29 is 19.8 Å². The zero-order valence-electron chi connectivity index (χ0n) is 11.4. The molecular weight excluding hydrogens is 308 g/mol. The Kier molecular flexibility index (Phi) is 4.95. The summed E-state index contributed by atoms with van der Waals surface area (Å²) in [7, 11) is 0. The fourth-order valence-electron chi connectivity index (χ4n) is 2.17. The number of benzene rings is 1. The minimum Gasteiger partial charge on any atom is -0.473 e. The van der Waals surface area contributed by atoms with Gasteiger partial charge in [-0.1, -0.05) is 17.7 Å². The van der Waals surface area contributed by atoms with E-state index < -0.39 is 11.9 Å². The van der Waals surface area contributed by atoms with Gasteiger partial charge in [-0.3, -0.25) is 0 Å². The van der Waals surface area contributed by atoms with Crippen LogP contribution in [0.1, 0.15) is 23.2 Å². The summed E-state index contributed by atoms with van der Waals surface area (Å²) in [6, 6.07) is 6.12. The average molecular weight is 321 g/mol. The molecule has 1 aromatic heterocycles.